The first-order chi connectivity index (χ1) is 10.7. The Bertz CT molecular complexity index is 469. The third kappa shape index (κ3) is 6.23. The Morgan fingerprint density at radius 1 is 1.00 bits per heavy atom. The summed E-state index contributed by atoms with van der Waals surface area (Å²) in [5, 5.41) is 26.9. The van der Waals surface area contributed by atoms with Gasteiger partial charge in [-0.2, -0.15) is 0 Å². The number of piperidine rings is 1. The fraction of sp³-hybridized carbons (Fsp3) is 0.714. The zero-order chi connectivity index (χ0) is 17.6. The van der Waals surface area contributed by atoms with Crippen LogP contribution in [0.1, 0.15) is 25.7 Å². The zero-order valence-corrected chi connectivity index (χ0v) is 12.8. The fourth-order valence-electron chi connectivity index (χ4n) is 2.51. The van der Waals surface area contributed by atoms with Crippen molar-refractivity contribution in [3.05, 3.63) is 0 Å². The van der Waals surface area contributed by atoms with Gasteiger partial charge in [-0.05, 0) is 19.9 Å². The summed E-state index contributed by atoms with van der Waals surface area (Å²) in [6.45, 7) is 1.49. The van der Waals surface area contributed by atoms with Crippen molar-refractivity contribution < 1.29 is 39.2 Å². The van der Waals surface area contributed by atoms with E-state index in [1.165, 1.54) is 0 Å². The lowest BCUT2D eigenvalue weighted by Gasteiger charge is -2.29. The van der Waals surface area contributed by atoms with Crippen LogP contribution in [0.25, 0.3) is 0 Å². The summed E-state index contributed by atoms with van der Waals surface area (Å²) in [5.74, 6) is -8.67. The number of hydrogen-bond donors (Lipinski definition) is 3. The molecular weight excluding hydrogens is 310 g/mol. The highest BCUT2D eigenvalue weighted by Crippen LogP contribution is 2.23. The maximum Gasteiger partial charge on any atom is 0.307 e. The number of carbonyl (C=O) groups excluding carboxylic acids is 1. The van der Waals surface area contributed by atoms with Crippen molar-refractivity contribution in [2.24, 2.45) is 11.8 Å². The highest BCUT2D eigenvalue weighted by molar-refractivity contribution is 5.86. The van der Waals surface area contributed by atoms with Gasteiger partial charge < -0.3 is 25.0 Å². The monoisotopic (exact) mass is 331 g/mol. The molecule has 1 aliphatic rings. The van der Waals surface area contributed by atoms with Gasteiger partial charge in [0.15, 0.2) is 0 Å². The minimum Gasteiger partial charge on any atom is -0.481 e. The number of nitrogens with zero attached hydrogens (tertiary/aromatic N) is 1. The van der Waals surface area contributed by atoms with E-state index in [4.69, 9.17) is 20.1 Å². The molecule has 2 unspecified atom stereocenters. The van der Waals surface area contributed by atoms with Crippen LogP contribution in [0.2, 0.25) is 0 Å². The predicted molar refractivity (Wildman–Crippen MR) is 75.7 cm³/mol. The molecule has 9 nitrogen and oxygen atoms in total. The predicted octanol–water partition coefficient (Wildman–Crippen LogP) is -0.110. The Morgan fingerprint density at radius 3 is 1.91 bits per heavy atom. The zero-order valence-electron chi connectivity index (χ0n) is 12.8. The molecule has 1 fully saturated rings. The Balaban J connectivity index is 2.66. The molecule has 130 valence electrons. The fourth-order valence-corrected chi connectivity index (χ4v) is 2.51. The van der Waals surface area contributed by atoms with E-state index in [1.54, 1.807) is 0 Å². The van der Waals surface area contributed by atoms with Crippen LogP contribution >= 0.6 is 0 Å². The van der Waals surface area contributed by atoms with Crippen LogP contribution in [-0.4, -0.2) is 70.3 Å². The summed E-state index contributed by atoms with van der Waals surface area (Å²) in [6.07, 6.45) is -0.606. The minimum atomic E-state index is -1.69. The molecule has 0 spiro atoms. The van der Waals surface area contributed by atoms with Crippen molar-refractivity contribution in [2.75, 3.05) is 20.1 Å². The summed E-state index contributed by atoms with van der Waals surface area (Å²) in [4.78, 5) is 47.0. The first-order valence-corrected chi connectivity index (χ1v) is 7.26. The average Bonchev–Trinajstić information content (AvgIpc) is 2.44. The lowest BCUT2D eigenvalue weighted by molar-refractivity contribution is -0.163. The van der Waals surface area contributed by atoms with E-state index in [0.717, 1.165) is 13.1 Å². The first kappa shape index (κ1) is 18.9. The molecule has 3 N–H and O–H groups in total. The molecule has 23 heavy (non-hydrogen) atoms. The van der Waals surface area contributed by atoms with Gasteiger partial charge in [-0.3, -0.25) is 19.2 Å². The molecule has 0 aliphatic carbocycles. The molecule has 0 bridgehead atoms. The highest BCUT2D eigenvalue weighted by atomic mass is 16.5. The van der Waals surface area contributed by atoms with E-state index in [-0.39, 0.29) is 6.10 Å². The van der Waals surface area contributed by atoms with Gasteiger partial charge in [0.2, 0.25) is 0 Å². The van der Waals surface area contributed by atoms with Crippen molar-refractivity contribution in [3.8, 4) is 0 Å². The van der Waals surface area contributed by atoms with Crippen LogP contribution in [0.4, 0.5) is 0 Å². The van der Waals surface area contributed by atoms with Crippen LogP contribution in [0.15, 0.2) is 0 Å². The molecule has 0 aromatic heterocycles. The van der Waals surface area contributed by atoms with E-state index in [0.29, 0.717) is 12.8 Å². The second kappa shape index (κ2) is 8.47. The van der Waals surface area contributed by atoms with Gasteiger partial charge in [-0.15, -0.1) is 0 Å². The van der Waals surface area contributed by atoms with Gasteiger partial charge in [-0.25, -0.2) is 0 Å². The lowest BCUT2D eigenvalue weighted by Crippen LogP contribution is -2.37. The highest BCUT2D eigenvalue weighted by Gasteiger charge is 2.38. The average molecular weight is 331 g/mol. The van der Waals surface area contributed by atoms with Gasteiger partial charge in [0, 0.05) is 13.1 Å². The standard InChI is InChI=1S/C14H21NO8/c1-15-4-2-8(3-5-15)23-12(18)7-10(14(21)22)9(13(19)20)6-11(16)17/h8-10H,2-7H2,1H3,(H,16,17)(H,19,20)(H,21,22). The van der Waals surface area contributed by atoms with Crippen molar-refractivity contribution in [2.45, 2.75) is 31.8 Å². The van der Waals surface area contributed by atoms with Gasteiger partial charge in [0.1, 0.15) is 6.10 Å². The third-order valence-corrected chi connectivity index (χ3v) is 3.86. The smallest absolute Gasteiger partial charge is 0.307 e. The Hall–Kier alpha value is -2.16. The molecule has 9 heteroatoms. The number of ether oxygens (including phenoxy) is 1. The molecule has 0 radical (unpaired) electrons. The molecular formula is C14H21NO8. The minimum absolute atomic E-state index is 0.323. The number of esters is 1. The van der Waals surface area contributed by atoms with E-state index in [1.807, 2.05) is 7.05 Å². The molecule has 1 rings (SSSR count). The Labute approximate surface area is 132 Å². The summed E-state index contributed by atoms with van der Waals surface area (Å²) in [6, 6.07) is 0. The van der Waals surface area contributed by atoms with Crippen LogP contribution < -0.4 is 0 Å². The topological polar surface area (TPSA) is 141 Å². The van der Waals surface area contributed by atoms with Crippen molar-refractivity contribution in [1.29, 1.82) is 0 Å². The molecule has 0 saturated carbocycles. The number of carboxylic acids is 3. The molecule has 2 atom stereocenters. The van der Waals surface area contributed by atoms with Crippen LogP contribution in [0, 0.1) is 11.8 Å². The van der Waals surface area contributed by atoms with Gasteiger partial charge in [0.25, 0.3) is 0 Å². The van der Waals surface area contributed by atoms with Gasteiger partial charge in [0.05, 0.1) is 24.7 Å². The van der Waals surface area contributed by atoms with Crippen LogP contribution in [-0.2, 0) is 23.9 Å². The van der Waals surface area contributed by atoms with E-state index < -0.39 is 48.6 Å². The SMILES string of the molecule is CN1CCC(OC(=O)CC(C(=O)O)C(CC(=O)O)C(=O)O)CC1. The second-order valence-electron chi connectivity index (χ2n) is 5.68. The molecule has 0 amide bonds. The summed E-state index contributed by atoms with van der Waals surface area (Å²) in [5.41, 5.74) is 0. The molecule has 1 heterocycles. The normalized spacial score (nSPS) is 18.8. The molecule has 0 aromatic carbocycles. The molecule has 0 aromatic rings. The van der Waals surface area contributed by atoms with Crippen LogP contribution in [0.5, 0.6) is 0 Å². The summed E-state index contributed by atoms with van der Waals surface area (Å²) < 4.78 is 5.19. The van der Waals surface area contributed by atoms with Crippen LogP contribution in [0.3, 0.4) is 0 Å². The maximum absolute atomic E-state index is 11.9. The number of carbonyl (C=O) groups is 4. The van der Waals surface area contributed by atoms with E-state index >= 15 is 0 Å². The largest absolute Gasteiger partial charge is 0.481 e. The number of likely N-dealkylation sites (tertiary alicyclic amines) is 1. The number of aliphatic carboxylic acids is 3. The lowest BCUT2D eigenvalue weighted by atomic mass is 9.87. The van der Waals surface area contributed by atoms with Crippen molar-refractivity contribution >= 4 is 23.9 Å². The summed E-state index contributed by atoms with van der Waals surface area (Å²) >= 11 is 0. The quantitative estimate of drug-likeness (QED) is 0.519. The Kier molecular flexibility index (Phi) is 6.95. The van der Waals surface area contributed by atoms with Crippen molar-refractivity contribution in [3.63, 3.8) is 0 Å². The maximum atomic E-state index is 11.9. The second-order valence-corrected chi connectivity index (χ2v) is 5.68. The third-order valence-electron chi connectivity index (χ3n) is 3.86. The first-order valence-electron chi connectivity index (χ1n) is 7.26. The number of carboxylic acid groups (broad SMARTS) is 3. The van der Waals surface area contributed by atoms with Crippen molar-refractivity contribution in [1.82, 2.24) is 4.90 Å². The number of hydrogen-bond acceptors (Lipinski definition) is 6. The molecule has 1 saturated heterocycles. The Morgan fingerprint density at radius 2 is 1.48 bits per heavy atom. The van der Waals surface area contributed by atoms with E-state index in [2.05, 4.69) is 4.90 Å². The van der Waals surface area contributed by atoms with Gasteiger partial charge in [-0.1, -0.05) is 0 Å². The van der Waals surface area contributed by atoms with Gasteiger partial charge >= 0.3 is 23.9 Å². The van der Waals surface area contributed by atoms with E-state index in [9.17, 15) is 19.2 Å². The number of rotatable bonds is 8. The summed E-state index contributed by atoms with van der Waals surface area (Å²) in [7, 11) is 1.93. The molecule has 1 aliphatic heterocycles.